The average molecular weight is 410 g/mol. The second-order valence-electron chi connectivity index (χ2n) is 5.66. The maximum absolute atomic E-state index is 13.6. The maximum atomic E-state index is 13.6. The van der Waals surface area contributed by atoms with Crippen LogP contribution in [0.3, 0.4) is 0 Å². The van der Waals surface area contributed by atoms with Crippen molar-refractivity contribution in [2.75, 3.05) is 5.32 Å². The summed E-state index contributed by atoms with van der Waals surface area (Å²) in [5, 5.41) is 13.2. The van der Waals surface area contributed by atoms with Crippen LogP contribution in [0.1, 0.15) is 12.5 Å². The summed E-state index contributed by atoms with van der Waals surface area (Å²) in [7, 11) is 0. The number of nitro groups is 1. The van der Waals surface area contributed by atoms with Crippen LogP contribution < -0.4 is 20.9 Å². The summed E-state index contributed by atoms with van der Waals surface area (Å²) in [5.74, 6) is -1.90. The summed E-state index contributed by atoms with van der Waals surface area (Å²) in [6.07, 6.45) is -0.960. The van der Waals surface area contributed by atoms with Gasteiger partial charge in [-0.2, -0.15) is 0 Å². The molecule has 0 aromatic heterocycles. The van der Waals surface area contributed by atoms with Crippen LogP contribution >= 0.6 is 12.2 Å². The van der Waals surface area contributed by atoms with Gasteiger partial charge in [-0.05, 0) is 50.3 Å². The molecule has 1 amide bonds. The van der Waals surface area contributed by atoms with E-state index in [4.69, 9.17) is 17.0 Å². The third kappa shape index (κ3) is 5.58. The minimum absolute atomic E-state index is 0.0597. The Kier molecular flexibility index (Phi) is 6.77. The van der Waals surface area contributed by atoms with Gasteiger partial charge in [0.15, 0.2) is 11.2 Å². The summed E-state index contributed by atoms with van der Waals surface area (Å²) >= 11 is 4.92. The number of nitro benzene ring substituents is 1. The van der Waals surface area contributed by atoms with Gasteiger partial charge in [0, 0.05) is 17.7 Å². The van der Waals surface area contributed by atoms with E-state index in [0.29, 0.717) is 11.6 Å². The molecule has 0 unspecified atom stereocenters. The number of anilines is 1. The Labute approximate surface area is 164 Å². The quantitative estimate of drug-likeness (QED) is 0.395. The highest BCUT2D eigenvalue weighted by molar-refractivity contribution is 7.80. The predicted octanol–water partition coefficient (Wildman–Crippen LogP) is 2.97. The molecule has 148 valence electrons. The molecule has 1 atom stereocenters. The first-order valence-electron chi connectivity index (χ1n) is 7.91. The van der Waals surface area contributed by atoms with Gasteiger partial charge >= 0.3 is 0 Å². The molecule has 3 N–H and O–H groups in total. The summed E-state index contributed by atoms with van der Waals surface area (Å²) < 4.78 is 31.9. The Bertz CT molecular complexity index is 926. The third-order valence-corrected chi connectivity index (χ3v) is 3.73. The van der Waals surface area contributed by atoms with E-state index in [1.807, 2.05) is 0 Å². The molecule has 0 radical (unpaired) electrons. The fourth-order valence-electron chi connectivity index (χ4n) is 2.13. The first-order valence-corrected chi connectivity index (χ1v) is 8.32. The van der Waals surface area contributed by atoms with E-state index in [9.17, 15) is 23.7 Å². The van der Waals surface area contributed by atoms with Crippen molar-refractivity contribution in [3.63, 3.8) is 0 Å². The predicted molar refractivity (Wildman–Crippen MR) is 102 cm³/mol. The highest BCUT2D eigenvalue weighted by atomic mass is 32.1. The second-order valence-corrected chi connectivity index (χ2v) is 6.07. The zero-order chi connectivity index (χ0) is 20.8. The van der Waals surface area contributed by atoms with Crippen molar-refractivity contribution in [1.82, 2.24) is 10.9 Å². The van der Waals surface area contributed by atoms with E-state index in [2.05, 4.69) is 16.2 Å². The van der Waals surface area contributed by atoms with Crippen LogP contribution in [0.4, 0.5) is 20.2 Å². The number of aryl methyl sites for hydroxylation is 1. The molecule has 0 aliphatic carbocycles. The van der Waals surface area contributed by atoms with Gasteiger partial charge < -0.3 is 10.1 Å². The summed E-state index contributed by atoms with van der Waals surface area (Å²) in [5.41, 5.74) is 4.90. The molecular formula is C17H16F2N4O4S. The van der Waals surface area contributed by atoms with Crippen molar-refractivity contribution in [3.8, 4) is 5.75 Å². The molecule has 0 aliphatic rings. The van der Waals surface area contributed by atoms with Crippen molar-refractivity contribution < 1.29 is 23.2 Å². The Morgan fingerprint density at radius 1 is 1.21 bits per heavy atom. The molecule has 0 saturated carbocycles. The van der Waals surface area contributed by atoms with E-state index in [1.165, 1.54) is 25.1 Å². The monoisotopic (exact) mass is 410 g/mol. The highest BCUT2D eigenvalue weighted by Crippen LogP contribution is 2.23. The van der Waals surface area contributed by atoms with Crippen LogP contribution in [0, 0.1) is 28.7 Å². The van der Waals surface area contributed by atoms with Gasteiger partial charge in [0.05, 0.1) is 10.6 Å². The van der Waals surface area contributed by atoms with Gasteiger partial charge in [-0.1, -0.05) is 0 Å². The van der Waals surface area contributed by atoms with E-state index in [0.717, 1.165) is 12.1 Å². The van der Waals surface area contributed by atoms with Crippen molar-refractivity contribution in [1.29, 1.82) is 0 Å². The van der Waals surface area contributed by atoms with Gasteiger partial charge in [0.1, 0.15) is 17.4 Å². The molecule has 28 heavy (non-hydrogen) atoms. The smallest absolute Gasteiger partial charge is 0.279 e. The molecule has 11 heteroatoms. The van der Waals surface area contributed by atoms with Gasteiger partial charge in [-0.15, -0.1) is 0 Å². The number of halogens is 2. The van der Waals surface area contributed by atoms with Gasteiger partial charge in [0.2, 0.25) is 0 Å². The van der Waals surface area contributed by atoms with E-state index in [-0.39, 0.29) is 22.2 Å². The maximum Gasteiger partial charge on any atom is 0.279 e. The van der Waals surface area contributed by atoms with E-state index < -0.39 is 28.6 Å². The molecule has 0 spiro atoms. The topological polar surface area (TPSA) is 106 Å². The van der Waals surface area contributed by atoms with Crippen LogP contribution in [-0.4, -0.2) is 22.0 Å². The molecule has 0 heterocycles. The number of carbonyl (C=O) groups excluding carboxylic acids is 1. The number of hydrogen-bond acceptors (Lipinski definition) is 5. The molecule has 0 fully saturated rings. The van der Waals surface area contributed by atoms with Crippen LogP contribution in [-0.2, 0) is 4.79 Å². The lowest BCUT2D eigenvalue weighted by Gasteiger charge is -2.17. The van der Waals surface area contributed by atoms with Crippen LogP contribution in [0.5, 0.6) is 5.75 Å². The Balaban J connectivity index is 1.87. The minimum Gasteiger partial charge on any atom is -0.481 e. The number of ether oxygens (including phenoxy) is 1. The van der Waals surface area contributed by atoms with Crippen LogP contribution in [0.2, 0.25) is 0 Å². The van der Waals surface area contributed by atoms with Crippen LogP contribution in [0.15, 0.2) is 36.4 Å². The summed E-state index contributed by atoms with van der Waals surface area (Å²) in [6, 6.07) is 7.00. The molecule has 0 bridgehead atoms. The van der Waals surface area contributed by atoms with Gasteiger partial charge in [-0.25, -0.2) is 8.78 Å². The molecule has 0 aliphatic heterocycles. The molecule has 2 aromatic rings. The Morgan fingerprint density at radius 3 is 2.54 bits per heavy atom. The lowest BCUT2D eigenvalue weighted by atomic mass is 10.2. The Hall–Kier alpha value is -3.34. The largest absolute Gasteiger partial charge is 0.481 e. The lowest BCUT2D eigenvalue weighted by Crippen LogP contribution is -2.48. The lowest BCUT2D eigenvalue weighted by molar-refractivity contribution is -0.385. The minimum atomic E-state index is -0.960. The second kappa shape index (κ2) is 9.04. The zero-order valence-electron chi connectivity index (χ0n) is 14.8. The highest BCUT2D eigenvalue weighted by Gasteiger charge is 2.17. The number of rotatable bonds is 5. The molecule has 8 nitrogen and oxygen atoms in total. The first-order chi connectivity index (χ1) is 13.2. The molecule has 2 rings (SSSR count). The zero-order valence-corrected chi connectivity index (χ0v) is 15.6. The number of benzene rings is 2. The first kappa shape index (κ1) is 21.0. The number of nitrogens with one attached hydrogen (secondary N) is 3. The number of hydrogen-bond donors (Lipinski definition) is 3. The number of thiocarbonyl (C=S) groups is 1. The number of nitrogens with zero attached hydrogens (tertiary/aromatic N) is 1. The number of carbonyl (C=O) groups is 1. The SMILES string of the molecule is Cc1cc(O[C@@H](C)C(=O)NNC(=S)Nc2ccc(F)cc2F)ccc1[N+](=O)[O-]. The number of amides is 1. The Morgan fingerprint density at radius 2 is 1.93 bits per heavy atom. The van der Waals surface area contributed by atoms with Crippen LogP contribution in [0.25, 0.3) is 0 Å². The summed E-state index contributed by atoms with van der Waals surface area (Å²) in [4.78, 5) is 22.4. The number of hydrazine groups is 1. The third-order valence-electron chi connectivity index (χ3n) is 3.53. The van der Waals surface area contributed by atoms with Gasteiger partial charge in [0.25, 0.3) is 11.6 Å². The van der Waals surface area contributed by atoms with Crippen molar-refractivity contribution in [2.45, 2.75) is 20.0 Å². The fourth-order valence-corrected chi connectivity index (χ4v) is 2.29. The standard InChI is InChI=1S/C17H16F2N4O4S/c1-9-7-12(4-6-15(9)23(25)26)27-10(2)16(24)21-22-17(28)20-14-5-3-11(18)8-13(14)19/h3-8,10H,1-2H3,(H,21,24)(H2,20,22,28)/t10-/m0/s1. The molecular weight excluding hydrogens is 394 g/mol. The van der Waals surface area contributed by atoms with Crippen molar-refractivity contribution in [2.24, 2.45) is 0 Å². The van der Waals surface area contributed by atoms with E-state index >= 15 is 0 Å². The summed E-state index contributed by atoms with van der Waals surface area (Å²) in [6.45, 7) is 3.01. The van der Waals surface area contributed by atoms with Gasteiger partial charge in [-0.3, -0.25) is 25.8 Å². The van der Waals surface area contributed by atoms with E-state index in [1.54, 1.807) is 6.92 Å². The average Bonchev–Trinajstić information content (AvgIpc) is 2.61. The molecule has 2 aromatic carbocycles. The fraction of sp³-hybridized carbons (Fsp3) is 0.176. The van der Waals surface area contributed by atoms with Crippen molar-refractivity contribution in [3.05, 3.63) is 63.7 Å². The normalized spacial score (nSPS) is 11.3. The van der Waals surface area contributed by atoms with Crippen molar-refractivity contribution >= 4 is 34.6 Å². The molecule has 0 saturated heterocycles.